The van der Waals surface area contributed by atoms with E-state index < -0.39 is 11.6 Å². The molecule has 1 aromatic heterocycles. The first-order chi connectivity index (χ1) is 13.0. The minimum Gasteiger partial charge on any atom is -0.488 e. The zero-order valence-corrected chi connectivity index (χ0v) is 15.6. The van der Waals surface area contributed by atoms with Crippen LogP contribution >= 0.6 is 0 Å². The third-order valence-electron chi connectivity index (χ3n) is 5.18. The van der Waals surface area contributed by atoms with Crippen LogP contribution in [0.4, 0.5) is 10.1 Å². The predicted octanol–water partition coefficient (Wildman–Crippen LogP) is 3.53. The molecule has 0 bridgehead atoms. The maximum atomic E-state index is 14.0. The fourth-order valence-corrected chi connectivity index (χ4v) is 3.45. The molecule has 0 radical (unpaired) electrons. The molecule has 6 nitrogen and oxygen atoms in total. The number of aryl methyl sites for hydroxylation is 2. The molecule has 1 amide bonds. The van der Waals surface area contributed by atoms with Gasteiger partial charge < -0.3 is 19.9 Å². The summed E-state index contributed by atoms with van der Waals surface area (Å²) < 4.78 is 25.6. The van der Waals surface area contributed by atoms with Crippen LogP contribution < -0.4 is 15.4 Å². The second kappa shape index (κ2) is 6.96. The van der Waals surface area contributed by atoms with Gasteiger partial charge in [0.05, 0.1) is 11.3 Å². The van der Waals surface area contributed by atoms with E-state index in [2.05, 4.69) is 15.8 Å². The van der Waals surface area contributed by atoms with Crippen LogP contribution in [-0.2, 0) is 4.79 Å². The number of carbonyl (C=O) groups is 1. The van der Waals surface area contributed by atoms with E-state index in [4.69, 9.17) is 9.26 Å². The van der Waals surface area contributed by atoms with Crippen molar-refractivity contribution in [2.24, 2.45) is 0 Å². The Bertz CT molecular complexity index is 835. The number of hydrogen-bond donors (Lipinski definition) is 2. The summed E-state index contributed by atoms with van der Waals surface area (Å²) in [4.78, 5) is 12.1. The van der Waals surface area contributed by atoms with Crippen LogP contribution in [0, 0.1) is 13.8 Å². The molecule has 2 heterocycles. The average molecular weight is 373 g/mol. The van der Waals surface area contributed by atoms with E-state index in [0.717, 1.165) is 42.8 Å². The maximum Gasteiger partial charge on any atom is 0.262 e. The Balaban J connectivity index is 1.66. The van der Waals surface area contributed by atoms with Gasteiger partial charge in [0.25, 0.3) is 5.91 Å². The Kier molecular flexibility index (Phi) is 4.63. The number of hydrogen-bond acceptors (Lipinski definition) is 5. The molecule has 2 aliphatic rings. The molecule has 144 valence electrons. The van der Waals surface area contributed by atoms with E-state index in [1.54, 1.807) is 6.07 Å². The lowest BCUT2D eigenvalue weighted by Crippen LogP contribution is -2.37. The van der Waals surface area contributed by atoms with Crippen molar-refractivity contribution in [2.45, 2.75) is 51.3 Å². The van der Waals surface area contributed by atoms with Crippen LogP contribution in [0.3, 0.4) is 0 Å². The van der Waals surface area contributed by atoms with Gasteiger partial charge in [-0.2, -0.15) is 0 Å². The van der Waals surface area contributed by atoms with E-state index in [1.807, 2.05) is 26.0 Å². The molecular weight excluding hydrogens is 349 g/mol. The molecular formula is C20H24FN3O3. The summed E-state index contributed by atoms with van der Waals surface area (Å²) in [5.74, 6) is 0.793. The van der Waals surface area contributed by atoms with Gasteiger partial charge in [0, 0.05) is 17.8 Å². The second-order valence-electron chi connectivity index (χ2n) is 7.42. The summed E-state index contributed by atoms with van der Waals surface area (Å²) in [7, 11) is 0. The van der Waals surface area contributed by atoms with Crippen LogP contribution in [0.15, 0.2) is 22.7 Å². The Hall–Kier alpha value is -2.41. The van der Waals surface area contributed by atoms with Gasteiger partial charge in [-0.05, 0) is 64.3 Å². The first kappa shape index (κ1) is 18.0. The number of nitrogens with one attached hydrogen (secondary N) is 2. The average Bonchev–Trinajstić information content (AvgIpc) is 3.33. The highest BCUT2D eigenvalue weighted by molar-refractivity contribution is 6.00. The summed E-state index contributed by atoms with van der Waals surface area (Å²) in [6.45, 7) is 5.51. The molecule has 2 aromatic rings. The number of halogens is 1. The monoisotopic (exact) mass is 373 g/mol. The van der Waals surface area contributed by atoms with Crippen LogP contribution in [0.25, 0.3) is 11.1 Å². The van der Waals surface area contributed by atoms with E-state index in [9.17, 15) is 9.18 Å². The van der Waals surface area contributed by atoms with E-state index in [-0.39, 0.29) is 18.9 Å². The highest BCUT2D eigenvalue weighted by Crippen LogP contribution is 2.42. The lowest BCUT2D eigenvalue weighted by Gasteiger charge is -2.25. The minimum atomic E-state index is -1.72. The first-order valence-electron chi connectivity index (χ1n) is 9.41. The molecule has 1 aliphatic heterocycles. The first-order valence-corrected chi connectivity index (χ1v) is 9.41. The molecule has 2 N–H and O–H groups in total. The largest absolute Gasteiger partial charge is 0.488 e. The summed E-state index contributed by atoms with van der Waals surface area (Å²) in [5, 5.41) is 10.1. The normalized spacial score (nSPS) is 20.9. The molecule has 1 saturated carbocycles. The smallest absolute Gasteiger partial charge is 0.262 e. The molecule has 1 saturated heterocycles. The Morgan fingerprint density at radius 3 is 2.85 bits per heavy atom. The number of benzene rings is 1. The van der Waals surface area contributed by atoms with E-state index in [0.29, 0.717) is 17.2 Å². The van der Waals surface area contributed by atoms with Gasteiger partial charge >= 0.3 is 0 Å². The standard InChI is InChI=1S/C20H24FN3O3/c1-12-18(13(2)27-24-12)16-10-14(23-19(25)20(21)7-8-20)5-6-17(16)26-15-4-3-9-22-11-15/h5-6,10,15,22H,3-4,7-9,11H2,1-2H3,(H,23,25)/t15-/m1/s1. The third kappa shape index (κ3) is 3.69. The van der Waals surface area contributed by atoms with Gasteiger partial charge in [-0.3, -0.25) is 4.79 Å². The fraction of sp³-hybridized carbons (Fsp3) is 0.500. The van der Waals surface area contributed by atoms with Crippen LogP contribution in [-0.4, -0.2) is 35.9 Å². The van der Waals surface area contributed by atoms with Gasteiger partial charge in [0.1, 0.15) is 17.6 Å². The van der Waals surface area contributed by atoms with Crippen LogP contribution in [0.1, 0.15) is 37.1 Å². The van der Waals surface area contributed by atoms with Crippen LogP contribution in [0.5, 0.6) is 5.75 Å². The van der Waals surface area contributed by atoms with Crippen molar-refractivity contribution >= 4 is 11.6 Å². The highest BCUT2D eigenvalue weighted by atomic mass is 19.1. The number of amides is 1. The van der Waals surface area contributed by atoms with Gasteiger partial charge in [-0.1, -0.05) is 5.16 Å². The molecule has 1 aromatic carbocycles. The van der Waals surface area contributed by atoms with E-state index >= 15 is 0 Å². The Morgan fingerprint density at radius 2 is 2.22 bits per heavy atom. The number of aromatic nitrogens is 1. The summed E-state index contributed by atoms with van der Waals surface area (Å²) in [6.07, 6.45) is 2.70. The number of alkyl halides is 1. The van der Waals surface area contributed by atoms with Crippen molar-refractivity contribution in [3.05, 3.63) is 29.7 Å². The Morgan fingerprint density at radius 1 is 1.41 bits per heavy atom. The number of carbonyl (C=O) groups excluding carboxylic acids is 1. The zero-order valence-electron chi connectivity index (χ0n) is 15.6. The molecule has 2 fully saturated rings. The molecule has 4 rings (SSSR count). The number of piperidine rings is 1. The lowest BCUT2D eigenvalue weighted by atomic mass is 10.0. The quantitative estimate of drug-likeness (QED) is 0.838. The predicted molar refractivity (Wildman–Crippen MR) is 99.6 cm³/mol. The molecule has 0 unspecified atom stereocenters. The van der Waals surface area contributed by atoms with Crippen LogP contribution in [0.2, 0.25) is 0 Å². The van der Waals surface area contributed by atoms with Gasteiger partial charge in [0.2, 0.25) is 0 Å². The van der Waals surface area contributed by atoms with Gasteiger partial charge in [0.15, 0.2) is 5.67 Å². The molecule has 1 atom stereocenters. The van der Waals surface area contributed by atoms with Gasteiger partial charge in [-0.15, -0.1) is 0 Å². The van der Waals surface area contributed by atoms with Crippen molar-refractivity contribution < 1.29 is 18.4 Å². The van der Waals surface area contributed by atoms with Crippen molar-refractivity contribution in [2.75, 3.05) is 18.4 Å². The number of rotatable bonds is 5. The highest BCUT2D eigenvalue weighted by Gasteiger charge is 2.50. The topological polar surface area (TPSA) is 76.4 Å². The zero-order chi connectivity index (χ0) is 19.0. The summed E-state index contributed by atoms with van der Waals surface area (Å²) >= 11 is 0. The van der Waals surface area contributed by atoms with Crippen molar-refractivity contribution in [3.63, 3.8) is 0 Å². The molecule has 7 heteroatoms. The van der Waals surface area contributed by atoms with Gasteiger partial charge in [-0.25, -0.2) is 4.39 Å². The maximum absolute atomic E-state index is 14.0. The number of nitrogens with zero attached hydrogens (tertiary/aromatic N) is 1. The van der Waals surface area contributed by atoms with Crippen molar-refractivity contribution in [1.82, 2.24) is 10.5 Å². The molecule has 1 aliphatic carbocycles. The molecule has 27 heavy (non-hydrogen) atoms. The summed E-state index contributed by atoms with van der Waals surface area (Å²) in [5.41, 5.74) is 1.19. The minimum absolute atomic E-state index is 0.0824. The third-order valence-corrected chi connectivity index (χ3v) is 5.18. The van der Waals surface area contributed by atoms with Crippen molar-refractivity contribution in [1.29, 1.82) is 0 Å². The van der Waals surface area contributed by atoms with Crippen molar-refractivity contribution in [3.8, 4) is 16.9 Å². The molecule has 0 spiro atoms. The summed E-state index contributed by atoms with van der Waals surface area (Å²) in [6, 6.07) is 5.38. The lowest BCUT2D eigenvalue weighted by molar-refractivity contribution is -0.122. The number of anilines is 1. The van der Waals surface area contributed by atoms with E-state index in [1.165, 1.54) is 0 Å². The second-order valence-corrected chi connectivity index (χ2v) is 7.42. The number of ether oxygens (including phenoxy) is 1. The Labute approximate surface area is 157 Å². The SMILES string of the molecule is Cc1noc(C)c1-c1cc(NC(=O)C2(F)CC2)ccc1O[C@@H]1CCCNC1. The fourth-order valence-electron chi connectivity index (χ4n) is 3.45.